The molecule has 200 valence electrons. The topological polar surface area (TPSA) is 68.8 Å². The van der Waals surface area contributed by atoms with Gasteiger partial charge in [-0.3, -0.25) is 14.2 Å². The first-order chi connectivity index (χ1) is 18.9. The number of carbonyl (C=O) groups is 1. The number of ether oxygens (including phenoxy) is 1. The summed E-state index contributed by atoms with van der Waals surface area (Å²) in [5, 5.41) is 0.655. The largest absolute Gasteiger partial charge is 0.496 e. The standard InChI is InChI=1S/C30H29ClN4O3S/c1-5-33(6-2)29(37)26-19(3)32-30-35(27(26)23-11-7-8-12-24(23)38-4)28(36)25(39-30)18-22-10-9-17-34(22)21-15-13-20(31)14-16-21/h7-18,27H,5-6H2,1-4H3/b25-18+/t27-/m0/s1. The predicted molar refractivity (Wildman–Crippen MR) is 155 cm³/mol. The Morgan fingerprint density at radius 2 is 1.82 bits per heavy atom. The van der Waals surface area contributed by atoms with Crippen LogP contribution >= 0.6 is 22.9 Å². The monoisotopic (exact) mass is 560 g/mol. The molecule has 5 rings (SSSR count). The van der Waals surface area contributed by atoms with Crippen molar-refractivity contribution in [2.75, 3.05) is 20.2 Å². The van der Waals surface area contributed by atoms with Crippen molar-refractivity contribution in [1.82, 2.24) is 14.0 Å². The van der Waals surface area contributed by atoms with Crippen LogP contribution in [0.15, 0.2) is 87.9 Å². The van der Waals surface area contributed by atoms with E-state index in [1.165, 1.54) is 11.3 Å². The average molecular weight is 561 g/mol. The molecule has 0 saturated carbocycles. The van der Waals surface area contributed by atoms with E-state index in [1.807, 2.05) is 98.3 Å². The molecule has 9 heteroatoms. The van der Waals surface area contributed by atoms with Gasteiger partial charge in [-0.15, -0.1) is 0 Å². The zero-order chi connectivity index (χ0) is 27.7. The Morgan fingerprint density at radius 3 is 2.51 bits per heavy atom. The molecule has 0 N–H and O–H groups in total. The number of methoxy groups -OCH3 is 1. The number of hydrogen-bond acceptors (Lipinski definition) is 5. The van der Waals surface area contributed by atoms with Crippen molar-refractivity contribution in [3.05, 3.63) is 114 Å². The molecule has 0 bridgehead atoms. The van der Waals surface area contributed by atoms with Crippen molar-refractivity contribution in [1.29, 1.82) is 0 Å². The summed E-state index contributed by atoms with van der Waals surface area (Å²) >= 11 is 7.39. The summed E-state index contributed by atoms with van der Waals surface area (Å²) in [5.74, 6) is 0.469. The third-order valence-corrected chi connectivity index (χ3v) is 8.14. The number of hydrogen-bond donors (Lipinski definition) is 0. The molecule has 4 aromatic rings. The highest BCUT2D eigenvalue weighted by Crippen LogP contribution is 2.36. The molecule has 3 heterocycles. The maximum atomic E-state index is 14.1. The van der Waals surface area contributed by atoms with Crippen LogP contribution in [-0.4, -0.2) is 40.1 Å². The molecule has 0 radical (unpaired) electrons. The van der Waals surface area contributed by atoms with Crippen molar-refractivity contribution < 1.29 is 9.53 Å². The van der Waals surface area contributed by atoms with E-state index >= 15 is 0 Å². The molecule has 1 amide bonds. The van der Waals surface area contributed by atoms with Crippen LogP contribution in [0, 0.1) is 0 Å². The summed E-state index contributed by atoms with van der Waals surface area (Å²) in [6, 6.07) is 18.2. The van der Waals surface area contributed by atoms with Gasteiger partial charge in [-0.1, -0.05) is 41.1 Å². The van der Waals surface area contributed by atoms with Gasteiger partial charge in [-0.2, -0.15) is 0 Å². The molecule has 1 aliphatic heterocycles. The minimum absolute atomic E-state index is 0.136. The van der Waals surface area contributed by atoms with Crippen LogP contribution in [-0.2, 0) is 4.79 Å². The SMILES string of the molecule is CCN(CC)C(=O)C1=C(C)N=c2s/c(=C/c3cccn3-c3ccc(Cl)cc3)c(=O)n2[C@H]1c1ccccc1OC. The van der Waals surface area contributed by atoms with Crippen molar-refractivity contribution >= 4 is 34.9 Å². The highest BCUT2D eigenvalue weighted by molar-refractivity contribution is 7.07. The molecule has 0 saturated heterocycles. The molecule has 2 aromatic carbocycles. The van der Waals surface area contributed by atoms with Crippen LogP contribution in [0.5, 0.6) is 5.75 Å². The van der Waals surface area contributed by atoms with Crippen LogP contribution in [0.2, 0.25) is 5.02 Å². The van der Waals surface area contributed by atoms with E-state index in [4.69, 9.17) is 21.3 Å². The van der Waals surface area contributed by atoms with Gasteiger partial charge >= 0.3 is 0 Å². The number of amides is 1. The second-order valence-corrected chi connectivity index (χ2v) is 10.5. The summed E-state index contributed by atoms with van der Waals surface area (Å²) in [4.78, 5) is 34.9. The highest BCUT2D eigenvalue weighted by Gasteiger charge is 2.35. The van der Waals surface area contributed by atoms with Crippen LogP contribution < -0.4 is 19.6 Å². The number of likely N-dealkylation sites (N-methyl/N-ethyl adjacent to an activating group) is 1. The van der Waals surface area contributed by atoms with Gasteiger partial charge in [0.1, 0.15) is 11.8 Å². The molecule has 7 nitrogen and oxygen atoms in total. The van der Waals surface area contributed by atoms with Crippen molar-refractivity contribution in [3.8, 4) is 11.4 Å². The zero-order valence-electron chi connectivity index (χ0n) is 22.2. The number of thiazole rings is 1. The van der Waals surface area contributed by atoms with Gasteiger partial charge in [0.2, 0.25) is 0 Å². The first-order valence-corrected chi connectivity index (χ1v) is 13.9. The number of carbonyl (C=O) groups excluding carboxylic acids is 1. The van der Waals surface area contributed by atoms with E-state index in [-0.39, 0.29) is 11.5 Å². The van der Waals surface area contributed by atoms with E-state index in [2.05, 4.69) is 0 Å². The van der Waals surface area contributed by atoms with Gasteiger partial charge in [-0.05, 0) is 69.3 Å². The lowest BCUT2D eigenvalue weighted by molar-refractivity contribution is -0.127. The highest BCUT2D eigenvalue weighted by atomic mass is 35.5. The Hall–Kier alpha value is -3.88. The van der Waals surface area contributed by atoms with E-state index in [0.29, 0.717) is 44.5 Å². The molecular weight excluding hydrogens is 532 g/mol. The summed E-state index contributed by atoms with van der Waals surface area (Å²) in [6.07, 6.45) is 3.80. The van der Waals surface area contributed by atoms with E-state index in [9.17, 15) is 9.59 Å². The third-order valence-electron chi connectivity index (χ3n) is 6.90. The number of allylic oxidation sites excluding steroid dienone is 1. The number of benzene rings is 2. The summed E-state index contributed by atoms with van der Waals surface area (Å²) in [5.41, 5.74) is 3.37. The molecule has 2 aromatic heterocycles. The Kier molecular flexibility index (Phi) is 7.59. The number of fused-ring (bicyclic) bond motifs is 1. The Balaban J connectivity index is 1.72. The second-order valence-electron chi connectivity index (χ2n) is 9.08. The number of aromatic nitrogens is 2. The maximum Gasteiger partial charge on any atom is 0.271 e. The van der Waals surface area contributed by atoms with Gasteiger partial charge in [0, 0.05) is 41.3 Å². The first kappa shape index (κ1) is 26.7. The van der Waals surface area contributed by atoms with Crippen LogP contribution in [0.25, 0.3) is 11.8 Å². The third kappa shape index (κ3) is 4.86. The number of para-hydroxylation sites is 1. The molecule has 1 atom stereocenters. The molecule has 0 unspecified atom stereocenters. The number of halogens is 1. The Bertz CT molecular complexity index is 1740. The van der Waals surface area contributed by atoms with Crippen LogP contribution in [0.1, 0.15) is 38.1 Å². The van der Waals surface area contributed by atoms with Crippen molar-refractivity contribution in [2.45, 2.75) is 26.8 Å². The maximum absolute atomic E-state index is 14.1. The normalized spacial score (nSPS) is 15.2. The lowest BCUT2D eigenvalue weighted by atomic mass is 9.94. The molecule has 1 aliphatic rings. The van der Waals surface area contributed by atoms with E-state index in [0.717, 1.165) is 16.9 Å². The van der Waals surface area contributed by atoms with Crippen molar-refractivity contribution in [3.63, 3.8) is 0 Å². The fraction of sp³-hybridized carbons (Fsp3) is 0.233. The lowest BCUT2D eigenvalue weighted by Crippen LogP contribution is -2.43. The fourth-order valence-electron chi connectivity index (χ4n) is 4.95. The van der Waals surface area contributed by atoms with Crippen LogP contribution in [0.4, 0.5) is 0 Å². The second kappa shape index (κ2) is 11.1. The predicted octanol–water partition coefficient (Wildman–Crippen LogP) is 4.56. The molecule has 0 spiro atoms. The Labute approximate surface area is 235 Å². The molecular formula is C30H29ClN4O3S. The Morgan fingerprint density at radius 1 is 1.10 bits per heavy atom. The van der Waals surface area contributed by atoms with Crippen LogP contribution in [0.3, 0.4) is 0 Å². The molecule has 0 fully saturated rings. The van der Waals surface area contributed by atoms with Gasteiger partial charge in [-0.25, -0.2) is 4.99 Å². The quantitative estimate of drug-likeness (QED) is 0.333. The first-order valence-electron chi connectivity index (χ1n) is 12.8. The summed E-state index contributed by atoms with van der Waals surface area (Å²) < 4.78 is 9.83. The van der Waals surface area contributed by atoms with Gasteiger partial charge < -0.3 is 14.2 Å². The smallest absolute Gasteiger partial charge is 0.271 e. The average Bonchev–Trinajstić information content (AvgIpc) is 3.53. The fourth-order valence-corrected chi connectivity index (χ4v) is 6.10. The summed E-state index contributed by atoms with van der Waals surface area (Å²) in [7, 11) is 1.59. The number of nitrogens with zero attached hydrogens (tertiary/aromatic N) is 4. The molecule has 0 aliphatic carbocycles. The van der Waals surface area contributed by atoms with Crippen molar-refractivity contribution in [2.24, 2.45) is 4.99 Å². The van der Waals surface area contributed by atoms with E-state index < -0.39 is 6.04 Å². The molecule has 39 heavy (non-hydrogen) atoms. The zero-order valence-corrected chi connectivity index (χ0v) is 23.8. The van der Waals surface area contributed by atoms with Gasteiger partial charge in [0.15, 0.2) is 4.80 Å². The van der Waals surface area contributed by atoms with E-state index in [1.54, 1.807) is 16.6 Å². The van der Waals surface area contributed by atoms with Gasteiger partial charge in [0.25, 0.3) is 11.5 Å². The number of rotatable bonds is 7. The summed E-state index contributed by atoms with van der Waals surface area (Å²) in [6.45, 7) is 6.83. The minimum atomic E-state index is -0.671. The lowest BCUT2D eigenvalue weighted by Gasteiger charge is -2.29. The van der Waals surface area contributed by atoms with Gasteiger partial charge in [0.05, 0.1) is 22.9 Å². The minimum Gasteiger partial charge on any atom is -0.496 e.